The highest BCUT2D eigenvalue weighted by molar-refractivity contribution is 4.86. The Kier molecular flexibility index (Phi) is 2.46. The minimum absolute atomic E-state index is 0.664. The van der Waals surface area contributed by atoms with Crippen LogP contribution in [-0.4, -0.2) is 51.1 Å². The Hall–Kier alpha value is -0.200. The van der Waals surface area contributed by atoms with Crippen LogP contribution in [0.3, 0.4) is 0 Å². The van der Waals surface area contributed by atoms with Gasteiger partial charge < -0.3 is 25.2 Å². The number of hydrogen-bond acceptors (Lipinski definition) is 5. The normalized spacial score (nSPS) is 52.6. The van der Waals surface area contributed by atoms with Crippen LogP contribution in [0.15, 0.2) is 0 Å². The third kappa shape index (κ3) is 1.52. The maximum Gasteiger partial charge on any atom is 0.183 e. The Morgan fingerprint density at radius 1 is 0.909 bits per heavy atom. The molecule has 1 fully saturated rings. The lowest BCUT2D eigenvalue weighted by molar-refractivity contribution is -0.277. The molecule has 66 valence electrons. The zero-order valence-electron chi connectivity index (χ0n) is 6.08. The molecule has 0 aromatic carbocycles. The summed E-state index contributed by atoms with van der Waals surface area (Å²) < 4.78 is 4.68. The van der Waals surface area contributed by atoms with Crippen molar-refractivity contribution in [2.24, 2.45) is 0 Å². The maximum atomic E-state index is 9.09. The first kappa shape index (κ1) is 8.89. The molecule has 0 aliphatic carbocycles. The van der Waals surface area contributed by atoms with Gasteiger partial charge in [-0.3, -0.25) is 0 Å². The molecule has 1 heterocycles. The molecule has 1 rings (SSSR count). The fourth-order valence-corrected chi connectivity index (χ4v) is 1.03. The summed E-state index contributed by atoms with van der Waals surface area (Å²) >= 11 is 0. The molecule has 0 amide bonds. The lowest BCUT2D eigenvalue weighted by Gasteiger charge is -2.36. The van der Waals surface area contributed by atoms with E-state index in [0.29, 0.717) is 0 Å². The Bertz CT molecular complexity index is 125. The van der Waals surface area contributed by atoms with Crippen molar-refractivity contribution in [3.8, 4) is 0 Å². The average Bonchev–Trinajstić information content (AvgIpc) is 1.97. The molecule has 4 N–H and O–H groups in total. The van der Waals surface area contributed by atoms with Crippen molar-refractivity contribution < 1.29 is 25.2 Å². The smallest absolute Gasteiger partial charge is 0.183 e. The minimum atomic E-state index is -1.43. The van der Waals surface area contributed by atoms with Crippen LogP contribution in [0.25, 0.3) is 0 Å². The second kappa shape index (κ2) is 3.04. The first-order chi connectivity index (χ1) is 5.04. The molecule has 5 nitrogen and oxygen atoms in total. The first-order valence-corrected chi connectivity index (χ1v) is 3.41. The molecule has 0 saturated carbocycles. The highest BCUT2D eigenvalue weighted by Gasteiger charge is 2.40. The zero-order valence-corrected chi connectivity index (χ0v) is 6.08. The average molecular weight is 164 g/mol. The van der Waals surface area contributed by atoms with E-state index in [9.17, 15) is 0 Å². The lowest BCUT2D eigenvalue weighted by Crippen LogP contribution is -2.56. The third-order valence-electron chi connectivity index (χ3n) is 1.83. The molecule has 0 aromatic heterocycles. The number of ether oxygens (including phenoxy) is 1. The molecule has 3 unspecified atom stereocenters. The fraction of sp³-hybridized carbons (Fsp3) is 1.00. The summed E-state index contributed by atoms with van der Waals surface area (Å²) in [5, 5.41) is 36.0. The third-order valence-corrected chi connectivity index (χ3v) is 1.83. The molecular formula is C6H12O5. The van der Waals surface area contributed by atoms with Crippen LogP contribution in [0.5, 0.6) is 0 Å². The van der Waals surface area contributed by atoms with Crippen LogP contribution in [0.2, 0.25) is 0 Å². The van der Waals surface area contributed by atoms with Crippen LogP contribution >= 0.6 is 0 Å². The van der Waals surface area contributed by atoms with Gasteiger partial charge in [0.05, 0.1) is 6.10 Å². The van der Waals surface area contributed by atoms with Crippen molar-refractivity contribution in [3.63, 3.8) is 0 Å². The topological polar surface area (TPSA) is 90.2 Å². The van der Waals surface area contributed by atoms with Gasteiger partial charge in [0.25, 0.3) is 0 Å². The molecule has 5 atom stereocenters. The summed E-state index contributed by atoms with van der Waals surface area (Å²) in [7, 11) is 0. The van der Waals surface area contributed by atoms with Gasteiger partial charge in [-0.2, -0.15) is 0 Å². The molecule has 5 heteroatoms. The SMILES string of the molecule is C[C@@H]1OC(O)C(O)[C@@H](O)C1O. The fourth-order valence-electron chi connectivity index (χ4n) is 1.03. The van der Waals surface area contributed by atoms with Crippen LogP contribution in [0.4, 0.5) is 0 Å². The van der Waals surface area contributed by atoms with Crippen LogP contribution in [0.1, 0.15) is 6.92 Å². The van der Waals surface area contributed by atoms with Crippen molar-refractivity contribution in [1.29, 1.82) is 0 Å². The molecule has 0 bridgehead atoms. The number of aliphatic hydroxyl groups is 4. The summed E-state index contributed by atoms with van der Waals surface area (Å²) in [6.07, 6.45) is -5.99. The van der Waals surface area contributed by atoms with Crippen molar-refractivity contribution in [2.45, 2.75) is 37.6 Å². The summed E-state index contributed by atoms with van der Waals surface area (Å²) in [4.78, 5) is 0. The highest BCUT2D eigenvalue weighted by Crippen LogP contribution is 2.18. The lowest BCUT2D eigenvalue weighted by atomic mass is 10.0. The van der Waals surface area contributed by atoms with Gasteiger partial charge in [0.2, 0.25) is 0 Å². The number of aliphatic hydroxyl groups excluding tert-OH is 4. The molecule has 0 spiro atoms. The standard InChI is InChI=1S/C6H12O5/c1-2-3(7)4(8)5(9)6(10)11-2/h2-10H,1H3/t2-,3?,4-,5?,6?/m0/s1. The summed E-state index contributed by atoms with van der Waals surface area (Å²) in [6, 6.07) is 0. The van der Waals surface area contributed by atoms with Gasteiger partial charge in [-0.05, 0) is 6.92 Å². The Morgan fingerprint density at radius 2 is 1.45 bits per heavy atom. The van der Waals surface area contributed by atoms with Crippen molar-refractivity contribution in [3.05, 3.63) is 0 Å². The molecule has 0 radical (unpaired) electrons. The monoisotopic (exact) mass is 164 g/mol. The second-order valence-corrected chi connectivity index (χ2v) is 2.70. The number of hydrogen-bond donors (Lipinski definition) is 4. The van der Waals surface area contributed by atoms with E-state index in [2.05, 4.69) is 4.74 Å². The zero-order chi connectivity index (χ0) is 8.59. The van der Waals surface area contributed by atoms with Gasteiger partial charge in [-0.1, -0.05) is 0 Å². The predicted octanol–water partition coefficient (Wildman–Crippen LogP) is -2.19. The molecule has 0 aromatic rings. The largest absolute Gasteiger partial charge is 0.388 e. The van der Waals surface area contributed by atoms with Gasteiger partial charge in [0.15, 0.2) is 6.29 Å². The Labute approximate surface area is 63.8 Å². The van der Waals surface area contributed by atoms with Gasteiger partial charge in [0.1, 0.15) is 18.3 Å². The predicted molar refractivity (Wildman–Crippen MR) is 34.6 cm³/mol. The molecule has 1 aliphatic rings. The molecule has 11 heavy (non-hydrogen) atoms. The van der Waals surface area contributed by atoms with E-state index < -0.39 is 30.7 Å². The summed E-state index contributed by atoms with van der Waals surface area (Å²) in [5.74, 6) is 0. The van der Waals surface area contributed by atoms with Gasteiger partial charge >= 0.3 is 0 Å². The van der Waals surface area contributed by atoms with Gasteiger partial charge in [-0.25, -0.2) is 0 Å². The van der Waals surface area contributed by atoms with E-state index in [-0.39, 0.29) is 0 Å². The summed E-state index contributed by atoms with van der Waals surface area (Å²) in [6.45, 7) is 1.50. The van der Waals surface area contributed by atoms with Crippen LogP contribution in [0, 0.1) is 0 Å². The maximum absolute atomic E-state index is 9.09. The first-order valence-electron chi connectivity index (χ1n) is 3.41. The van der Waals surface area contributed by atoms with E-state index >= 15 is 0 Å². The van der Waals surface area contributed by atoms with Crippen molar-refractivity contribution >= 4 is 0 Å². The minimum Gasteiger partial charge on any atom is -0.388 e. The van der Waals surface area contributed by atoms with E-state index in [1.807, 2.05) is 0 Å². The van der Waals surface area contributed by atoms with E-state index in [4.69, 9.17) is 20.4 Å². The molecular weight excluding hydrogens is 152 g/mol. The van der Waals surface area contributed by atoms with Crippen LogP contribution in [-0.2, 0) is 4.74 Å². The van der Waals surface area contributed by atoms with Crippen molar-refractivity contribution in [1.82, 2.24) is 0 Å². The van der Waals surface area contributed by atoms with E-state index in [1.165, 1.54) is 6.92 Å². The van der Waals surface area contributed by atoms with Crippen LogP contribution < -0.4 is 0 Å². The van der Waals surface area contributed by atoms with Crippen molar-refractivity contribution in [2.75, 3.05) is 0 Å². The highest BCUT2D eigenvalue weighted by atomic mass is 16.6. The van der Waals surface area contributed by atoms with Gasteiger partial charge in [0, 0.05) is 0 Å². The van der Waals surface area contributed by atoms with Gasteiger partial charge in [-0.15, -0.1) is 0 Å². The Balaban J connectivity index is 2.63. The Morgan fingerprint density at radius 3 is 2.00 bits per heavy atom. The second-order valence-electron chi connectivity index (χ2n) is 2.70. The quantitative estimate of drug-likeness (QED) is 0.326. The van der Waals surface area contributed by atoms with E-state index in [0.717, 1.165) is 0 Å². The molecule has 1 aliphatic heterocycles. The van der Waals surface area contributed by atoms with E-state index in [1.54, 1.807) is 0 Å². The molecule has 1 saturated heterocycles. The summed E-state index contributed by atoms with van der Waals surface area (Å²) in [5.41, 5.74) is 0. The number of rotatable bonds is 0.